The van der Waals surface area contributed by atoms with E-state index in [9.17, 15) is 39.9 Å². The molecule has 2 N–H and O–H groups in total. The van der Waals surface area contributed by atoms with Crippen molar-refractivity contribution in [3.8, 4) is 11.6 Å². The first kappa shape index (κ1) is 26.7. The van der Waals surface area contributed by atoms with E-state index < -0.39 is 55.7 Å². The van der Waals surface area contributed by atoms with E-state index in [1.807, 2.05) is 0 Å². The number of hydrogen-bond acceptors (Lipinski definition) is 7. The zero-order valence-corrected chi connectivity index (χ0v) is 19.5. The van der Waals surface area contributed by atoms with Gasteiger partial charge in [0, 0.05) is 12.0 Å². The molecule has 0 spiro atoms. The Morgan fingerprint density at radius 3 is 2.24 bits per heavy atom. The molecular formula is C23H19F6N3O4S. The van der Waals surface area contributed by atoms with Crippen LogP contribution in [-0.2, 0) is 22.2 Å². The van der Waals surface area contributed by atoms with Crippen molar-refractivity contribution in [3.05, 3.63) is 72.2 Å². The Labute approximate surface area is 207 Å². The highest BCUT2D eigenvalue weighted by Crippen LogP contribution is 2.40. The summed E-state index contributed by atoms with van der Waals surface area (Å²) in [5.74, 6) is -0.388. The Balaban J connectivity index is 1.31. The average Bonchev–Trinajstić information content (AvgIpc) is 2.78. The summed E-state index contributed by atoms with van der Waals surface area (Å²) >= 11 is 0. The standard InChI is InChI=1S/C23H19F6N3O4S/c24-22(25,26)14-2-1-3-17(10-14)37(34,35)18-8-13(9-18)21(33)32-15-4-7-20(31-11-15)36-16-5-6-19(30-12-16)23(27,28)29/h1-7,10-13,18,21,32-33H,8-9H2/t13-,18-,21?. The maximum absolute atomic E-state index is 12.9. The van der Waals surface area contributed by atoms with Gasteiger partial charge in [0.05, 0.1) is 33.8 Å². The normalized spacial score (nSPS) is 19.1. The highest BCUT2D eigenvalue weighted by Gasteiger charge is 2.43. The number of anilines is 1. The maximum Gasteiger partial charge on any atom is 0.433 e. The van der Waals surface area contributed by atoms with Crippen LogP contribution in [0.2, 0.25) is 0 Å². The molecule has 1 aliphatic carbocycles. The molecule has 0 amide bonds. The molecule has 2 heterocycles. The SMILES string of the molecule is O=S(=O)(c1cccc(C(F)(F)F)c1)[C@H]1C[C@H](C(O)Nc2ccc(Oc3ccc(C(F)(F)F)nc3)nc2)C1. The monoisotopic (exact) mass is 547 g/mol. The Bertz CT molecular complexity index is 1340. The van der Waals surface area contributed by atoms with Gasteiger partial charge in [0.15, 0.2) is 9.84 Å². The van der Waals surface area contributed by atoms with Gasteiger partial charge in [-0.1, -0.05) is 6.07 Å². The van der Waals surface area contributed by atoms with E-state index >= 15 is 0 Å². The van der Waals surface area contributed by atoms with Gasteiger partial charge in [0.25, 0.3) is 0 Å². The van der Waals surface area contributed by atoms with Crippen molar-refractivity contribution in [1.29, 1.82) is 0 Å². The topological polar surface area (TPSA) is 101 Å². The second kappa shape index (κ2) is 9.82. The largest absolute Gasteiger partial charge is 0.437 e. The van der Waals surface area contributed by atoms with Crippen molar-refractivity contribution in [3.63, 3.8) is 0 Å². The fraction of sp³-hybridized carbons (Fsp3) is 0.304. The van der Waals surface area contributed by atoms with E-state index in [4.69, 9.17) is 4.74 Å². The van der Waals surface area contributed by atoms with Crippen molar-refractivity contribution in [1.82, 2.24) is 9.97 Å². The van der Waals surface area contributed by atoms with E-state index in [0.29, 0.717) is 11.8 Å². The van der Waals surface area contributed by atoms with Crippen molar-refractivity contribution in [2.45, 2.75) is 41.6 Å². The average molecular weight is 547 g/mol. The lowest BCUT2D eigenvalue weighted by Gasteiger charge is -2.38. The molecular weight excluding hydrogens is 528 g/mol. The summed E-state index contributed by atoms with van der Waals surface area (Å²) in [6.07, 6.45) is -8.11. The number of nitrogens with zero attached hydrogens (tertiary/aromatic N) is 2. The molecule has 1 aromatic carbocycles. The molecule has 0 radical (unpaired) electrons. The van der Waals surface area contributed by atoms with Gasteiger partial charge in [-0.15, -0.1) is 0 Å². The summed E-state index contributed by atoms with van der Waals surface area (Å²) in [6.45, 7) is 0. The molecule has 7 nitrogen and oxygen atoms in total. The van der Waals surface area contributed by atoms with Gasteiger partial charge in [-0.3, -0.25) is 0 Å². The summed E-state index contributed by atoms with van der Waals surface area (Å²) in [4.78, 5) is 6.85. The number of rotatable bonds is 7. The number of ether oxygens (including phenoxy) is 1. The molecule has 1 atom stereocenters. The van der Waals surface area contributed by atoms with Crippen LogP contribution in [-0.4, -0.2) is 35.0 Å². The smallest absolute Gasteiger partial charge is 0.433 e. The van der Waals surface area contributed by atoms with E-state index in [0.717, 1.165) is 36.5 Å². The Morgan fingerprint density at radius 2 is 1.68 bits per heavy atom. The van der Waals surface area contributed by atoms with E-state index in [-0.39, 0.29) is 24.5 Å². The number of aliphatic hydroxyl groups excluding tert-OH is 1. The summed E-state index contributed by atoms with van der Waals surface area (Å²) < 4.78 is 107. The molecule has 0 aliphatic heterocycles. The van der Waals surface area contributed by atoms with Crippen LogP contribution in [0.4, 0.5) is 32.0 Å². The quantitative estimate of drug-likeness (QED) is 0.306. The van der Waals surface area contributed by atoms with Gasteiger partial charge in [0.2, 0.25) is 5.88 Å². The molecule has 3 aromatic rings. The third-order valence-electron chi connectivity index (χ3n) is 5.81. The summed E-state index contributed by atoms with van der Waals surface area (Å²) in [5, 5.41) is 12.2. The number of alkyl halides is 6. The minimum Gasteiger partial charge on any atom is -0.437 e. The second-order valence-corrected chi connectivity index (χ2v) is 10.6. The number of aromatic nitrogens is 2. The zero-order valence-electron chi connectivity index (χ0n) is 18.7. The number of nitrogens with one attached hydrogen (secondary N) is 1. The number of pyridine rings is 2. The van der Waals surface area contributed by atoms with E-state index in [1.54, 1.807) is 0 Å². The minimum absolute atomic E-state index is 0.0312. The Kier molecular flexibility index (Phi) is 7.08. The van der Waals surface area contributed by atoms with Gasteiger partial charge < -0.3 is 15.2 Å². The van der Waals surface area contributed by atoms with Crippen LogP contribution in [0.25, 0.3) is 0 Å². The minimum atomic E-state index is -4.67. The fourth-order valence-electron chi connectivity index (χ4n) is 3.70. The lowest BCUT2D eigenvalue weighted by Crippen LogP contribution is -2.44. The highest BCUT2D eigenvalue weighted by atomic mass is 32.2. The van der Waals surface area contributed by atoms with Crippen molar-refractivity contribution >= 4 is 15.5 Å². The number of hydrogen-bond donors (Lipinski definition) is 2. The van der Waals surface area contributed by atoms with Crippen LogP contribution in [0, 0.1) is 5.92 Å². The van der Waals surface area contributed by atoms with Gasteiger partial charge in [-0.2, -0.15) is 26.3 Å². The lowest BCUT2D eigenvalue weighted by atomic mass is 9.83. The molecule has 2 aromatic heterocycles. The predicted molar refractivity (Wildman–Crippen MR) is 118 cm³/mol. The first-order chi connectivity index (χ1) is 17.2. The van der Waals surface area contributed by atoms with Crippen LogP contribution < -0.4 is 10.1 Å². The molecule has 1 fully saturated rings. The molecule has 198 valence electrons. The molecule has 4 rings (SSSR count). The van der Waals surface area contributed by atoms with E-state index in [1.165, 1.54) is 18.3 Å². The van der Waals surface area contributed by atoms with Crippen LogP contribution in [0.1, 0.15) is 24.1 Å². The van der Waals surface area contributed by atoms with E-state index in [2.05, 4.69) is 15.3 Å². The summed E-state index contributed by atoms with van der Waals surface area (Å²) in [6, 6.07) is 8.29. The third kappa shape index (κ3) is 6.13. The zero-order chi connectivity index (χ0) is 27.0. The number of aliphatic hydroxyl groups is 1. The molecule has 0 bridgehead atoms. The van der Waals surface area contributed by atoms with Crippen LogP contribution in [0.3, 0.4) is 0 Å². The van der Waals surface area contributed by atoms with Crippen molar-refractivity contribution in [2.24, 2.45) is 5.92 Å². The molecule has 1 unspecified atom stereocenters. The highest BCUT2D eigenvalue weighted by molar-refractivity contribution is 7.92. The first-order valence-electron chi connectivity index (χ1n) is 10.8. The maximum atomic E-state index is 12.9. The number of sulfone groups is 1. The summed E-state index contributed by atoms with van der Waals surface area (Å²) in [7, 11) is -4.01. The van der Waals surface area contributed by atoms with Gasteiger partial charge in [-0.05, 0) is 49.2 Å². The molecule has 14 heteroatoms. The van der Waals surface area contributed by atoms with Gasteiger partial charge in [0.1, 0.15) is 17.7 Å². The van der Waals surface area contributed by atoms with Crippen LogP contribution in [0.5, 0.6) is 11.6 Å². The second-order valence-electron chi connectivity index (χ2n) is 8.38. The fourth-order valence-corrected chi connectivity index (χ4v) is 5.65. The third-order valence-corrected chi connectivity index (χ3v) is 7.98. The summed E-state index contributed by atoms with van der Waals surface area (Å²) in [5.41, 5.74) is -1.77. The number of benzene rings is 1. The van der Waals surface area contributed by atoms with Crippen LogP contribution in [0.15, 0.2) is 65.8 Å². The van der Waals surface area contributed by atoms with Crippen molar-refractivity contribution in [2.75, 3.05) is 5.32 Å². The molecule has 1 aliphatic rings. The molecule has 37 heavy (non-hydrogen) atoms. The molecule has 0 saturated heterocycles. The Morgan fingerprint density at radius 1 is 0.946 bits per heavy atom. The van der Waals surface area contributed by atoms with Crippen molar-refractivity contribution < 1.29 is 44.6 Å². The Hall–Kier alpha value is -3.39. The number of halogens is 6. The lowest BCUT2D eigenvalue weighted by molar-refractivity contribution is -0.141. The van der Waals surface area contributed by atoms with Gasteiger partial charge >= 0.3 is 12.4 Å². The van der Waals surface area contributed by atoms with Crippen LogP contribution >= 0.6 is 0 Å². The predicted octanol–water partition coefficient (Wildman–Crippen LogP) is 5.29. The van der Waals surface area contributed by atoms with Gasteiger partial charge in [-0.25, -0.2) is 18.4 Å². The first-order valence-corrected chi connectivity index (χ1v) is 12.3. The molecule has 1 saturated carbocycles.